The summed E-state index contributed by atoms with van der Waals surface area (Å²) in [5.41, 5.74) is 5.78. The molecule has 0 radical (unpaired) electrons. The molecule has 0 saturated carbocycles. The Labute approximate surface area is 140 Å². The predicted molar refractivity (Wildman–Crippen MR) is 95.7 cm³/mol. The van der Waals surface area contributed by atoms with Crippen LogP contribution in [0.4, 0.5) is 0 Å². The van der Waals surface area contributed by atoms with E-state index in [9.17, 15) is 0 Å². The zero-order valence-electron chi connectivity index (χ0n) is 12.5. The zero-order chi connectivity index (χ0) is 15.7. The predicted octanol–water partition coefficient (Wildman–Crippen LogP) is 4.92. The fourth-order valence-electron chi connectivity index (χ4n) is 3.12. The Kier molecular flexibility index (Phi) is 2.53. The quantitative estimate of drug-likeness (QED) is 0.402. The minimum absolute atomic E-state index is 0.715. The van der Waals surface area contributed by atoms with Crippen LogP contribution in [0.25, 0.3) is 37.1 Å². The molecule has 0 amide bonds. The molecule has 6 heteroatoms. The van der Waals surface area contributed by atoms with E-state index in [1.54, 1.807) is 11.3 Å². The Hall–Kier alpha value is -2.24. The van der Waals surface area contributed by atoms with Crippen LogP contribution in [0, 0.1) is 13.8 Å². The van der Waals surface area contributed by atoms with Gasteiger partial charge in [-0.15, -0.1) is 11.3 Å². The van der Waals surface area contributed by atoms with E-state index >= 15 is 0 Å². The summed E-state index contributed by atoms with van der Waals surface area (Å²) < 4.78 is 3.09. The minimum atomic E-state index is 0.715. The molecule has 0 spiro atoms. The number of thiophene rings is 1. The first-order valence-corrected chi connectivity index (χ1v) is 8.45. The summed E-state index contributed by atoms with van der Waals surface area (Å²) in [5.74, 6) is 0. The van der Waals surface area contributed by atoms with Crippen LogP contribution in [0.2, 0.25) is 5.02 Å². The summed E-state index contributed by atoms with van der Waals surface area (Å²) in [6, 6.07) is 8.09. The molecule has 0 aliphatic heterocycles. The van der Waals surface area contributed by atoms with Crippen LogP contribution in [-0.2, 0) is 0 Å². The van der Waals surface area contributed by atoms with Crippen molar-refractivity contribution in [3.63, 3.8) is 0 Å². The fraction of sp³-hybridized carbons (Fsp3) is 0.118. The number of aryl methyl sites for hydroxylation is 2. The van der Waals surface area contributed by atoms with Crippen molar-refractivity contribution in [3.8, 4) is 0 Å². The third kappa shape index (κ3) is 1.63. The minimum Gasteiger partial charge on any atom is -0.282 e. The summed E-state index contributed by atoms with van der Waals surface area (Å²) >= 11 is 8.02. The van der Waals surface area contributed by atoms with Gasteiger partial charge in [0.05, 0.1) is 32.0 Å². The lowest BCUT2D eigenvalue weighted by atomic mass is 10.1. The number of hydrogen-bond acceptors (Lipinski definition) is 4. The highest BCUT2D eigenvalue weighted by Crippen LogP contribution is 2.38. The van der Waals surface area contributed by atoms with E-state index in [0.29, 0.717) is 5.02 Å². The smallest absolute Gasteiger partial charge is 0.158 e. The molecule has 5 aromatic rings. The molecular formula is C17H11ClN4S. The molecule has 4 nitrogen and oxygen atoms in total. The van der Waals surface area contributed by atoms with E-state index in [1.165, 1.54) is 0 Å². The lowest BCUT2D eigenvalue weighted by Crippen LogP contribution is -1.89. The zero-order valence-corrected chi connectivity index (χ0v) is 14.0. The maximum Gasteiger partial charge on any atom is 0.158 e. The largest absolute Gasteiger partial charge is 0.282 e. The summed E-state index contributed by atoms with van der Waals surface area (Å²) in [5, 5.41) is 1.75. The topological polar surface area (TPSA) is 43.1 Å². The molecule has 23 heavy (non-hydrogen) atoms. The molecule has 4 aromatic heterocycles. The van der Waals surface area contributed by atoms with Gasteiger partial charge in [0.1, 0.15) is 11.2 Å². The highest BCUT2D eigenvalue weighted by atomic mass is 35.5. The number of aromatic nitrogens is 4. The van der Waals surface area contributed by atoms with Gasteiger partial charge in [0, 0.05) is 5.39 Å². The van der Waals surface area contributed by atoms with Crippen LogP contribution in [0.15, 0.2) is 30.6 Å². The fourth-order valence-corrected chi connectivity index (χ4v) is 4.47. The van der Waals surface area contributed by atoms with E-state index in [0.717, 1.165) is 48.4 Å². The lowest BCUT2D eigenvalue weighted by molar-refractivity contribution is 1.16. The first-order valence-electron chi connectivity index (χ1n) is 7.26. The Morgan fingerprint density at radius 3 is 2.83 bits per heavy atom. The maximum absolute atomic E-state index is 6.39. The number of rotatable bonds is 0. The molecule has 5 rings (SSSR count). The number of hydrogen-bond donors (Lipinski definition) is 0. The first kappa shape index (κ1) is 13.2. The van der Waals surface area contributed by atoms with E-state index in [-0.39, 0.29) is 0 Å². The Bertz CT molecular complexity index is 1250. The molecule has 4 heterocycles. The number of para-hydroxylation sites is 2. The lowest BCUT2D eigenvalue weighted by Gasteiger charge is -2.03. The van der Waals surface area contributed by atoms with Crippen molar-refractivity contribution in [1.82, 2.24) is 19.4 Å². The van der Waals surface area contributed by atoms with Gasteiger partial charge in [0.2, 0.25) is 0 Å². The van der Waals surface area contributed by atoms with Gasteiger partial charge in [-0.05, 0) is 31.5 Å². The molecule has 1 aromatic carbocycles. The van der Waals surface area contributed by atoms with Gasteiger partial charge >= 0.3 is 0 Å². The average Bonchev–Trinajstić information content (AvgIpc) is 3.10. The maximum atomic E-state index is 6.39. The van der Waals surface area contributed by atoms with Crippen LogP contribution in [0.5, 0.6) is 0 Å². The van der Waals surface area contributed by atoms with Crippen LogP contribution in [0.1, 0.15) is 11.3 Å². The highest BCUT2D eigenvalue weighted by molar-refractivity contribution is 7.26. The molecule has 0 saturated heterocycles. The molecule has 0 aliphatic carbocycles. The summed E-state index contributed by atoms with van der Waals surface area (Å²) in [6.45, 7) is 3.96. The Morgan fingerprint density at radius 2 is 1.96 bits per heavy atom. The van der Waals surface area contributed by atoms with Gasteiger partial charge in [0.25, 0.3) is 0 Å². The van der Waals surface area contributed by atoms with Gasteiger partial charge in [0.15, 0.2) is 5.65 Å². The number of halogens is 1. The van der Waals surface area contributed by atoms with Crippen LogP contribution >= 0.6 is 22.9 Å². The molecule has 0 atom stereocenters. The van der Waals surface area contributed by atoms with Gasteiger partial charge in [-0.2, -0.15) is 0 Å². The van der Waals surface area contributed by atoms with Crippen LogP contribution in [0.3, 0.4) is 0 Å². The van der Waals surface area contributed by atoms with Crippen molar-refractivity contribution in [1.29, 1.82) is 0 Å². The van der Waals surface area contributed by atoms with Crippen molar-refractivity contribution in [2.24, 2.45) is 0 Å². The molecular weight excluding hydrogens is 328 g/mol. The number of nitrogens with zero attached hydrogens (tertiary/aromatic N) is 4. The summed E-state index contributed by atoms with van der Waals surface area (Å²) in [4.78, 5) is 15.1. The summed E-state index contributed by atoms with van der Waals surface area (Å²) in [7, 11) is 0. The monoisotopic (exact) mass is 338 g/mol. The molecule has 0 unspecified atom stereocenters. The van der Waals surface area contributed by atoms with E-state index in [4.69, 9.17) is 16.6 Å². The van der Waals surface area contributed by atoms with Crippen molar-refractivity contribution in [2.75, 3.05) is 0 Å². The third-order valence-electron chi connectivity index (χ3n) is 4.26. The second-order valence-corrected chi connectivity index (χ2v) is 7.01. The SMILES string of the molecule is Cc1nc2sc3c(ncn4c5ccccc5nc34)c2c(C)c1Cl. The second kappa shape index (κ2) is 4.40. The first-order chi connectivity index (χ1) is 11.1. The van der Waals surface area contributed by atoms with Crippen molar-refractivity contribution in [3.05, 3.63) is 46.9 Å². The number of pyridine rings is 1. The summed E-state index contributed by atoms with van der Waals surface area (Å²) in [6.07, 6.45) is 1.84. The average molecular weight is 339 g/mol. The highest BCUT2D eigenvalue weighted by Gasteiger charge is 2.18. The van der Waals surface area contributed by atoms with Crippen molar-refractivity contribution >= 4 is 60.1 Å². The molecule has 0 fully saturated rings. The molecule has 0 N–H and O–H groups in total. The van der Waals surface area contributed by atoms with E-state index in [2.05, 4.69) is 16.0 Å². The normalized spacial score (nSPS) is 12.1. The molecule has 0 bridgehead atoms. The third-order valence-corrected chi connectivity index (χ3v) is 5.88. The number of fused-ring (bicyclic) bond motifs is 7. The van der Waals surface area contributed by atoms with Gasteiger partial charge < -0.3 is 0 Å². The standard InChI is InChI=1S/C17H11ClN4S/c1-8-12-14-15(23-17(12)20-9(2)13(8)18)16-21-10-5-3-4-6-11(10)22(16)7-19-14/h3-7H,1-2H3. The van der Waals surface area contributed by atoms with Crippen LogP contribution in [-0.4, -0.2) is 19.4 Å². The van der Waals surface area contributed by atoms with Gasteiger partial charge in [-0.25, -0.2) is 15.0 Å². The Balaban J connectivity index is 2.06. The van der Waals surface area contributed by atoms with Crippen molar-refractivity contribution < 1.29 is 0 Å². The number of benzene rings is 1. The molecule has 112 valence electrons. The number of imidazole rings is 1. The van der Waals surface area contributed by atoms with Crippen LogP contribution < -0.4 is 0 Å². The molecule has 0 aliphatic rings. The van der Waals surface area contributed by atoms with E-state index in [1.807, 2.05) is 42.8 Å². The Morgan fingerprint density at radius 1 is 1.13 bits per heavy atom. The van der Waals surface area contributed by atoms with E-state index < -0.39 is 0 Å². The van der Waals surface area contributed by atoms with Gasteiger partial charge in [-0.3, -0.25) is 4.40 Å². The van der Waals surface area contributed by atoms with Gasteiger partial charge in [-0.1, -0.05) is 23.7 Å². The van der Waals surface area contributed by atoms with Crippen molar-refractivity contribution in [2.45, 2.75) is 13.8 Å². The second-order valence-electron chi connectivity index (χ2n) is 5.63.